The maximum atomic E-state index is 13.3. The molecule has 0 radical (unpaired) electrons. The van der Waals surface area contributed by atoms with Crippen molar-refractivity contribution in [3.8, 4) is 0 Å². The highest BCUT2D eigenvalue weighted by atomic mass is 19.2. The molecule has 1 saturated heterocycles. The average Bonchev–Trinajstić information content (AvgIpc) is 2.33. The van der Waals surface area contributed by atoms with Crippen molar-refractivity contribution >= 4 is 0 Å². The number of rotatable bonds is 3. The van der Waals surface area contributed by atoms with Gasteiger partial charge in [0.25, 0.3) is 0 Å². The molecule has 0 bridgehead atoms. The van der Waals surface area contributed by atoms with Crippen LogP contribution in [0.5, 0.6) is 0 Å². The van der Waals surface area contributed by atoms with Crippen LogP contribution in [0.25, 0.3) is 0 Å². The van der Waals surface area contributed by atoms with Crippen molar-refractivity contribution in [1.82, 2.24) is 5.32 Å². The van der Waals surface area contributed by atoms with Gasteiger partial charge < -0.3 is 5.32 Å². The Balaban J connectivity index is 2.19. The van der Waals surface area contributed by atoms with E-state index in [0.717, 1.165) is 31.5 Å². The molecule has 1 nitrogen and oxygen atoms in total. The Hall–Kier alpha value is -0.960. The lowest BCUT2D eigenvalue weighted by molar-refractivity contribution is 0.279. The molecule has 0 saturated carbocycles. The summed E-state index contributed by atoms with van der Waals surface area (Å²) in [6.07, 6.45) is 2.12. The molecule has 1 N–H and O–H groups in total. The Morgan fingerprint density at radius 3 is 2.72 bits per heavy atom. The maximum Gasteiger partial charge on any atom is 0.159 e. The fraction of sp³-hybridized carbons (Fsp3) is 0.600. The number of nitrogens with one attached hydrogen (secondary N) is 1. The van der Waals surface area contributed by atoms with Crippen molar-refractivity contribution in [1.29, 1.82) is 0 Å². The molecule has 1 heterocycles. The molecule has 0 aliphatic carbocycles. The van der Waals surface area contributed by atoms with Crippen LogP contribution in [0.1, 0.15) is 38.2 Å². The summed E-state index contributed by atoms with van der Waals surface area (Å²) in [5, 5.41) is 3.40. The summed E-state index contributed by atoms with van der Waals surface area (Å²) >= 11 is 0. The van der Waals surface area contributed by atoms with Gasteiger partial charge in [0.15, 0.2) is 11.6 Å². The number of benzene rings is 1. The monoisotopic (exact) mass is 253 g/mol. The highest BCUT2D eigenvalue weighted by Gasteiger charge is 2.27. The first-order valence-electron chi connectivity index (χ1n) is 6.73. The fourth-order valence-electron chi connectivity index (χ4n) is 2.96. The SMILES string of the molecule is CC(C)CC1CNCCC1c1ccc(F)c(F)c1. The van der Waals surface area contributed by atoms with E-state index in [-0.39, 0.29) is 0 Å². The van der Waals surface area contributed by atoms with Crippen LogP contribution in [0.3, 0.4) is 0 Å². The van der Waals surface area contributed by atoms with Gasteiger partial charge in [-0.05, 0) is 61.4 Å². The molecule has 0 spiro atoms. The zero-order valence-electron chi connectivity index (χ0n) is 11.0. The van der Waals surface area contributed by atoms with Crippen molar-refractivity contribution in [3.05, 3.63) is 35.4 Å². The van der Waals surface area contributed by atoms with Gasteiger partial charge in [-0.1, -0.05) is 19.9 Å². The number of hydrogen-bond acceptors (Lipinski definition) is 1. The highest BCUT2D eigenvalue weighted by molar-refractivity contribution is 5.23. The summed E-state index contributed by atoms with van der Waals surface area (Å²) in [6, 6.07) is 4.36. The van der Waals surface area contributed by atoms with Crippen LogP contribution in [0.2, 0.25) is 0 Å². The summed E-state index contributed by atoms with van der Waals surface area (Å²) in [4.78, 5) is 0. The lowest BCUT2D eigenvalue weighted by Crippen LogP contribution is -2.36. The minimum atomic E-state index is -0.756. The van der Waals surface area contributed by atoms with E-state index in [4.69, 9.17) is 0 Å². The smallest absolute Gasteiger partial charge is 0.159 e. The van der Waals surface area contributed by atoms with Crippen LogP contribution in [0.4, 0.5) is 8.78 Å². The molecule has 100 valence electrons. The van der Waals surface area contributed by atoms with Crippen molar-refractivity contribution in [3.63, 3.8) is 0 Å². The lowest BCUT2D eigenvalue weighted by atomic mass is 9.77. The highest BCUT2D eigenvalue weighted by Crippen LogP contribution is 2.34. The van der Waals surface area contributed by atoms with E-state index in [1.54, 1.807) is 6.07 Å². The first kappa shape index (κ1) is 13.5. The number of halogens is 2. The third kappa shape index (κ3) is 3.08. The van der Waals surface area contributed by atoms with Gasteiger partial charge in [0.05, 0.1) is 0 Å². The van der Waals surface area contributed by atoms with Gasteiger partial charge in [0.1, 0.15) is 0 Å². The minimum Gasteiger partial charge on any atom is -0.316 e. The molecular weight excluding hydrogens is 232 g/mol. The molecule has 0 aromatic heterocycles. The van der Waals surface area contributed by atoms with E-state index >= 15 is 0 Å². The van der Waals surface area contributed by atoms with Crippen LogP contribution in [-0.4, -0.2) is 13.1 Å². The summed E-state index contributed by atoms with van der Waals surface area (Å²) < 4.78 is 26.3. The summed E-state index contributed by atoms with van der Waals surface area (Å²) in [6.45, 7) is 6.34. The fourth-order valence-corrected chi connectivity index (χ4v) is 2.96. The van der Waals surface area contributed by atoms with Crippen LogP contribution >= 0.6 is 0 Å². The molecule has 1 aromatic carbocycles. The van der Waals surface area contributed by atoms with Gasteiger partial charge in [-0.15, -0.1) is 0 Å². The Morgan fingerprint density at radius 2 is 2.06 bits per heavy atom. The summed E-state index contributed by atoms with van der Waals surface area (Å²) in [7, 11) is 0. The van der Waals surface area contributed by atoms with E-state index in [0.29, 0.717) is 17.8 Å². The zero-order valence-corrected chi connectivity index (χ0v) is 11.0. The Labute approximate surface area is 108 Å². The van der Waals surface area contributed by atoms with Crippen molar-refractivity contribution < 1.29 is 8.78 Å². The van der Waals surface area contributed by atoms with E-state index in [9.17, 15) is 8.78 Å². The molecule has 18 heavy (non-hydrogen) atoms. The summed E-state index contributed by atoms with van der Waals surface area (Å²) in [5.41, 5.74) is 0.945. The van der Waals surface area contributed by atoms with Gasteiger partial charge in [-0.3, -0.25) is 0 Å². The summed E-state index contributed by atoms with van der Waals surface area (Å²) in [5.74, 6) is 0.0116. The second kappa shape index (κ2) is 5.79. The third-order valence-electron chi connectivity index (χ3n) is 3.75. The van der Waals surface area contributed by atoms with E-state index in [1.165, 1.54) is 12.1 Å². The molecule has 1 aliphatic rings. The predicted octanol–water partition coefficient (Wildman–Crippen LogP) is 3.70. The van der Waals surface area contributed by atoms with Crippen LogP contribution in [0.15, 0.2) is 18.2 Å². The van der Waals surface area contributed by atoms with E-state index in [2.05, 4.69) is 19.2 Å². The largest absolute Gasteiger partial charge is 0.316 e. The molecule has 3 heteroatoms. The van der Waals surface area contributed by atoms with Gasteiger partial charge in [-0.2, -0.15) is 0 Å². The normalized spacial score (nSPS) is 24.5. The second-order valence-corrected chi connectivity index (χ2v) is 5.66. The Morgan fingerprint density at radius 1 is 1.28 bits per heavy atom. The molecule has 1 fully saturated rings. The molecular formula is C15H21F2N. The minimum absolute atomic E-state index is 0.351. The lowest BCUT2D eigenvalue weighted by Gasteiger charge is -2.33. The van der Waals surface area contributed by atoms with E-state index < -0.39 is 11.6 Å². The quantitative estimate of drug-likeness (QED) is 0.866. The zero-order chi connectivity index (χ0) is 13.1. The molecule has 1 aromatic rings. The second-order valence-electron chi connectivity index (χ2n) is 5.66. The average molecular weight is 253 g/mol. The van der Waals surface area contributed by atoms with Gasteiger partial charge >= 0.3 is 0 Å². The number of hydrogen-bond donors (Lipinski definition) is 1. The third-order valence-corrected chi connectivity index (χ3v) is 3.75. The standard InChI is InChI=1S/C15H21F2N/c1-10(2)7-12-9-18-6-5-13(12)11-3-4-14(16)15(17)8-11/h3-4,8,10,12-13,18H,5-7,9H2,1-2H3. The van der Waals surface area contributed by atoms with Crippen LogP contribution in [-0.2, 0) is 0 Å². The van der Waals surface area contributed by atoms with Crippen LogP contribution in [0, 0.1) is 23.5 Å². The first-order chi connectivity index (χ1) is 8.58. The van der Waals surface area contributed by atoms with Gasteiger partial charge in [0, 0.05) is 0 Å². The van der Waals surface area contributed by atoms with Crippen molar-refractivity contribution in [2.75, 3.05) is 13.1 Å². The van der Waals surface area contributed by atoms with Gasteiger partial charge in [0.2, 0.25) is 0 Å². The van der Waals surface area contributed by atoms with E-state index in [1.807, 2.05) is 0 Å². The maximum absolute atomic E-state index is 13.3. The molecule has 2 rings (SSSR count). The van der Waals surface area contributed by atoms with Gasteiger partial charge in [-0.25, -0.2) is 8.78 Å². The number of piperidine rings is 1. The molecule has 2 unspecified atom stereocenters. The molecule has 2 atom stereocenters. The van der Waals surface area contributed by atoms with Crippen molar-refractivity contribution in [2.45, 2.75) is 32.6 Å². The Kier molecular flexibility index (Phi) is 4.33. The van der Waals surface area contributed by atoms with Crippen molar-refractivity contribution in [2.24, 2.45) is 11.8 Å². The first-order valence-corrected chi connectivity index (χ1v) is 6.73. The predicted molar refractivity (Wildman–Crippen MR) is 69.5 cm³/mol. The van der Waals surface area contributed by atoms with Crippen LogP contribution < -0.4 is 5.32 Å². The molecule has 0 amide bonds. The Bertz CT molecular complexity index is 403. The topological polar surface area (TPSA) is 12.0 Å². The molecule has 1 aliphatic heterocycles.